The maximum Gasteiger partial charge on any atom is 0.187 e. The maximum absolute atomic E-state index is 12.9. The lowest BCUT2D eigenvalue weighted by Crippen LogP contribution is -1.99. The van der Waals surface area contributed by atoms with E-state index < -0.39 is 0 Å². The number of nitrogens with zero attached hydrogens (tertiary/aromatic N) is 4. The molecule has 0 spiro atoms. The van der Waals surface area contributed by atoms with Gasteiger partial charge in [0.05, 0.1) is 5.69 Å². The van der Waals surface area contributed by atoms with Crippen LogP contribution in [0.15, 0.2) is 48.5 Å². The summed E-state index contributed by atoms with van der Waals surface area (Å²) in [4.78, 5) is 0. The molecule has 94 valence electrons. The van der Waals surface area contributed by atoms with E-state index in [2.05, 4.69) is 15.5 Å². The molecule has 3 rings (SSSR count). The summed E-state index contributed by atoms with van der Waals surface area (Å²) in [6, 6.07) is 13.1. The normalized spacial score (nSPS) is 10.6. The standard InChI is InChI=1S/C13H8ClFN4/c14-10-3-1-9(2-4-10)13-16-17-18-19(13)12-7-5-11(15)6-8-12/h1-8H. The van der Waals surface area contributed by atoms with Crippen molar-refractivity contribution in [1.29, 1.82) is 0 Å². The number of hydrogen-bond donors (Lipinski definition) is 0. The molecule has 1 heterocycles. The van der Waals surface area contributed by atoms with Gasteiger partial charge >= 0.3 is 0 Å². The number of benzene rings is 2. The van der Waals surface area contributed by atoms with Gasteiger partial charge in [0, 0.05) is 10.6 Å². The average molecular weight is 275 g/mol. The second-order valence-electron chi connectivity index (χ2n) is 3.90. The smallest absolute Gasteiger partial charge is 0.187 e. The molecular weight excluding hydrogens is 267 g/mol. The van der Waals surface area contributed by atoms with Crippen molar-refractivity contribution in [3.8, 4) is 17.1 Å². The Morgan fingerprint density at radius 1 is 0.947 bits per heavy atom. The van der Waals surface area contributed by atoms with Crippen molar-refractivity contribution in [2.75, 3.05) is 0 Å². The fourth-order valence-corrected chi connectivity index (χ4v) is 1.85. The molecule has 0 radical (unpaired) electrons. The van der Waals surface area contributed by atoms with Crippen molar-refractivity contribution >= 4 is 11.6 Å². The Kier molecular flexibility index (Phi) is 2.97. The first-order chi connectivity index (χ1) is 9.24. The Hall–Kier alpha value is -2.27. The van der Waals surface area contributed by atoms with Crippen LogP contribution in [-0.4, -0.2) is 20.2 Å². The first-order valence-electron chi connectivity index (χ1n) is 5.54. The number of tetrazole rings is 1. The van der Waals surface area contributed by atoms with Crippen LogP contribution in [0.1, 0.15) is 0 Å². The zero-order valence-corrected chi connectivity index (χ0v) is 10.4. The molecule has 0 atom stereocenters. The van der Waals surface area contributed by atoms with Gasteiger partial charge in [-0.3, -0.25) is 0 Å². The highest BCUT2D eigenvalue weighted by atomic mass is 35.5. The number of halogens is 2. The molecule has 6 heteroatoms. The summed E-state index contributed by atoms with van der Waals surface area (Å²) < 4.78 is 14.5. The van der Waals surface area contributed by atoms with E-state index in [1.807, 2.05) is 12.1 Å². The zero-order chi connectivity index (χ0) is 13.2. The van der Waals surface area contributed by atoms with Crippen LogP contribution in [0.5, 0.6) is 0 Å². The van der Waals surface area contributed by atoms with E-state index in [1.165, 1.54) is 12.1 Å². The van der Waals surface area contributed by atoms with Crippen LogP contribution in [0.4, 0.5) is 4.39 Å². The van der Waals surface area contributed by atoms with Gasteiger partial charge in [-0.05, 0) is 59.0 Å². The maximum atomic E-state index is 12.9. The van der Waals surface area contributed by atoms with Gasteiger partial charge in [-0.15, -0.1) is 5.10 Å². The van der Waals surface area contributed by atoms with E-state index in [9.17, 15) is 4.39 Å². The predicted octanol–water partition coefficient (Wildman–Crippen LogP) is 3.12. The number of aromatic nitrogens is 4. The van der Waals surface area contributed by atoms with E-state index in [0.29, 0.717) is 16.5 Å². The Morgan fingerprint density at radius 2 is 1.63 bits per heavy atom. The summed E-state index contributed by atoms with van der Waals surface area (Å²) in [6.45, 7) is 0. The van der Waals surface area contributed by atoms with Crippen molar-refractivity contribution in [3.05, 3.63) is 59.4 Å². The minimum absolute atomic E-state index is 0.301. The first kappa shape index (κ1) is 11.8. The first-order valence-corrected chi connectivity index (χ1v) is 5.92. The fraction of sp³-hybridized carbons (Fsp3) is 0. The Labute approximate surface area is 113 Å². The number of hydrogen-bond acceptors (Lipinski definition) is 3. The molecule has 4 nitrogen and oxygen atoms in total. The third kappa shape index (κ3) is 2.32. The largest absolute Gasteiger partial charge is 0.207 e. The predicted molar refractivity (Wildman–Crippen MR) is 69.6 cm³/mol. The van der Waals surface area contributed by atoms with Gasteiger partial charge < -0.3 is 0 Å². The topological polar surface area (TPSA) is 43.6 Å². The van der Waals surface area contributed by atoms with Crippen LogP contribution >= 0.6 is 11.6 Å². The van der Waals surface area contributed by atoms with Crippen molar-refractivity contribution in [2.45, 2.75) is 0 Å². The molecule has 0 unspecified atom stereocenters. The molecule has 19 heavy (non-hydrogen) atoms. The minimum Gasteiger partial charge on any atom is -0.207 e. The Morgan fingerprint density at radius 3 is 2.32 bits per heavy atom. The third-order valence-electron chi connectivity index (χ3n) is 2.64. The van der Waals surface area contributed by atoms with E-state index in [-0.39, 0.29) is 5.82 Å². The molecule has 0 saturated carbocycles. The highest BCUT2D eigenvalue weighted by molar-refractivity contribution is 6.30. The average Bonchev–Trinajstić information content (AvgIpc) is 2.90. The van der Waals surface area contributed by atoms with E-state index >= 15 is 0 Å². The molecule has 1 aromatic heterocycles. The summed E-state index contributed by atoms with van der Waals surface area (Å²) in [6.07, 6.45) is 0. The van der Waals surface area contributed by atoms with Gasteiger partial charge in [0.15, 0.2) is 5.82 Å². The van der Waals surface area contributed by atoms with Crippen molar-refractivity contribution in [2.24, 2.45) is 0 Å². The molecule has 0 amide bonds. The highest BCUT2D eigenvalue weighted by Gasteiger charge is 2.10. The van der Waals surface area contributed by atoms with E-state index in [0.717, 1.165) is 5.56 Å². The van der Waals surface area contributed by atoms with Gasteiger partial charge in [0.2, 0.25) is 0 Å². The summed E-state index contributed by atoms with van der Waals surface area (Å²) in [5.41, 5.74) is 1.52. The lowest BCUT2D eigenvalue weighted by Gasteiger charge is -2.04. The van der Waals surface area contributed by atoms with Gasteiger partial charge in [-0.1, -0.05) is 11.6 Å². The van der Waals surface area contributed by atoms with Crippen LogP contribution in [0.2, 0.25) is 5.02 Å². The molecule has 2 aromatic carbocycles. The highest BCUT2D eigenvalue weighted by Crippen LogP contribution is 2.21. The fourth-order valence-electron chi connectivity index (χ4n) is 1.72. The summed E-state index contributed by atoms with van der Waals surface area (Å²) in [5.74, 6) is 0.271. The minimum atomic E-state index is -0.301. The quantitative estimate of drug-likeness (QED) is 0.721. The zero-order valence-electron chi connectivity index (χ0n) is 9.66. The van der Waals surface area contributed by atoms with E-state index in [4.69, 9.17) is 11.6 Å². The second-order valence-corrected chi connectivity index (χ2v) is 4.33. The van der Waals surface area contributed by atoms with Gasteiger partial charge in [-0.25, -0.2) is 4.39 Å². The lowest BCUT2D eigenvalue weighted by atomic mass is 10.2. The van der Waals surface area contributed by atoms with Crippen molar-refractivity contribution in [1.82, 2.24) is 20.2 Å². The third-order valence-corrected chi connectivity index (χ3v) is 2.90. The van der Waals surface area contributed by atoms with E-state index in [1.54, 1.807) is 28.9 Å². The van der Waals surface area contributed by atoms with Gasteiger partial charge in [0.25, 0.3) is 0 Å². The van der Waals surface area contributed by atoms with Gasteiger partial charge in [0.1, 0.15) is 5.82 Å². The molecule has 0 aliphatic carbocycles. The van der Waals surface area contributed by atoms with Crippen LogP contribution < -0.4 is 0 Å². The Bertz CT molecular complexity index is 631. The molecule has 3 aromatic rings. The monoisotopic (exact) mass is 274 g/mol. The summed E-state index contributed by atoms with van der Waals surface area (Å²) in [7, 11) is 0. The molecule has 0 N–H and O–H groups in total. The molecule has 0 saturated heterocycles. The molecule has 0 aliphatic heterocycles. The van der Waals surface area contributed by atoms with Crippen LogP contribution in [-0.2, 0) is 0 Å². The van der Waals surface area contributed by atoms with Crippen LogP contribution in [0, 0.1) is 5.82 Å². The van der Waals surface area contributed by atoms with Crippen molar-refractivity contribution < 1.29 is 4.39 Å². The molecule has 0 fully saturated rings. The second kappa shape index (κ2) is 4.78. The van der Waals surface area contributed by atoms with Crippen molar-refractivity contribution in [3.63, 3.8) is 0 Å². The molecule has 0 bridgehead atoms. The SMILES string of the molecule is Fc1ccc(-n2nnnc2-c2ccc(Cl)cc2)cc1. The van der Waals surface area contributed by atoms with Crippen LogP contribution in [0.3, 0.4) is 0 Å². The number of rotatable bonds is 2. The molecular formula is C13H8ClFN4. The summed E-state index contributed by atoms with van der Waals surface area (Å²) in [5, 5.41) is 12.2. The molecule has 0 aliphatic rings. The summed E-state index contributed by atoms with van der Waals surface area (Å²) >= 11 is 5.85. The van der Waals surface area contributed by atoms with Crippen LogP contribution in [0.25, 0.3) is 17.1 Å². The van der Waals surface area contributed by atoms with Gasteiger partial charge in [-0.2, -0.15) is 4.68 Å². The Balaban J connectivity index is 2.07. The lowest BCUT2D eigenvalue weighted by molar-refractivity contribution is 0.627.